The van der Waals surface area contributed by atoms with Gasteiger partial charge in [-0.25, -0.2) is 0 Å². The molecule has 2 heterocycles. The van der Waals surface area contributed by atoms with Gasteiger partial charge in [0, 0.05) is 15.4 Å². The molecule has 0 aliphatic carbocycles. The Morgan fingerprint density at radius 1 is 1.50 bits per heavy atom. The molecule has 0 saturated carbocycles. The summed E-state index contributed by atoms with van der Waals surface area (Å²) in [5.41, 5.74) is 6.04. The standard InChI is InChI=1S/C14H23BrN2S/c1-2-7-17-8-4-3-5-11(10-16)13(17)14-12(15)6-9-18-14/h6,9,11,13H,2-5,7-8,10,16H2,1H3. The van der Waals surface area contributed by atoms with Gasteiger partial charge < -0.3 is 5.73 Å². The van der Waals surface area contributed by atoms with Crippen LogP contribution in [0.25, 0.3) is 0 Å². The molecular formula is C14H23BrN2S. The Bertz CT molecular complexity index is 366. The lowest BCUT2D eigenvalue weighted by Gasteiger charge is -2.34. The van der Waals surface area contributed by atoms with Crippen LogP contribution in [0.3, 0.4) is 0 Å². The van der Waals surface area contributed by atoms with Crippen molar-refractivity contribution in [2.75, 3.05) is 19.6 Å². The molecule has 2 unspecified atom stereocenters. The highest BCUT2D eigenvalue weighted by atomic mass is 79.9. The lowest BCUT2D eigenvalue weighted by molar-refractivity contribution is 0.161. The minimum Gasteiger partial charge on any atom is -0.330 e. The summed E-state index contributed by atoms with van der Waals surface area (Å²) in [4.78, 5) is 4.13. The number of hydrogen-bond donors (Lipinski definition) is 1. The Hall–Kier alpha value is 0.100. The van der Waals surface area contributed by atoms with Gasteiger partial charge in [-0.3, -0.25) is 4.90 Å². The maximum Gasteiger partial charge on any atom is 0.0493 e. The van der Waals surface area contributed by atoms with E-state index in [1.165, 1.54) is 48.1 Å². The van der Waals surface area contributed by atoms with Crippen LogP contribution in [-0.2, 0) is 0 Å². The average Bonchev–Trinajstić information content (AvgIpc) is 2.68. The number of rotatable bonds is 4. The molecule has 0 radical (unpaired) electrons. The van der Waals surface area contributed by atoms with Crippen molar-refractivity contribution in [3.8, 4) is 0 Å². The van der Waals surface area contributed by atoms with Gasteiger partial charge in [0.05, 0.1) is 0 Å². The van der Waals surface area contributed by atoms with Crippen LogP contribution in [0.15, 0.2) is 15.9 Å². The smallest absolute Gasteiger partial charge is 0.0493 e. The highest BCUT2D eigenvalue weighted by Crippen LogP contribution is 2.40. The van der Waals surface area contributed by atoms with Crippen molar-refractivity contribution in [3.63, 3.8) is 0 Å². The third kappa shape index (κ3) is 3.16. The molecule has 1 aromatic heterocycles. The van der Waals surface area contributed by atoms with E-state index in [2.05, 4.69) is 39.2 Å². The SMILES string of the molecule is CCCN1CCCCC(CN)C1c1sccc1Br. The number of hydrogen-bond acceptors (Lipinski definition) is 3. The van der Waals surface area contributed by atoms with Crippen LogP contribution in [-0.4, -0.2) is 24.5 Å². The third-order valence-corrected chi connectivity index (χ3v) is 5.78. The topological polar surface area (TPSA) is 29.3 Å². The second-order valence-corrected chi connectivity index (χ2v) is 6.91. The predicted octanol–water partition coefficient (Wildman–Crippen LogP) is 4.02. The van der Waals surface area contributed by atoms with Crippen LogP contribution in [0, 0.1) is 5.92 Å². The van der Waals surface area contributed by atoms with E-state index in [-0.39, 0.29) is 0 Å². The number of halogens is 1. The lowest BCUT2D eigenvalue weighted by atomic mass is 9.93. The Labute approximate surface area is 123 Å². The molecule has 2 atom stereocenters. The Balaban J connectivity index is 2.29. The molecule has 4 heteroatoms. The summed E-state index contributed by atoms with van der Waals surface area (Å²) in [6.07, 6.45) is 5.13. The van der Waals surface area contributed by atoms with E-state index in [1.807, 2.05) is 11.3 Å². The summed E-state index contributed by atoms with van der Waals surface area (Å²) in [6.45, 7) is 5.48. The molecule has 2 nitrogen and oxygen atoms in total. The van der Waals surface area contributed by atoms with Crippen molar-refractivity contribution in [3.05, 3.63) is 20.8 Å². The van der Waals surface area contributed by atoms with Crippen molar-refractivity contribution >= 4 is 27.3 Å². The zero-order valence-corrected chi connectivity index (χ0v) is 13.5. The van der Waals surface area contributed by atoms with Gasteiger partial charge in [-0.15, -0.1) is 11.3 Å². The minimum absolute atomic E-state index is 0.520. The van der Waals surface area contributed by atoms with Gasteiger partial charge >= 0.3 is 0 Å². The first kappa shape index (κ1) is 14.5. The fourth-order valence-corrected chi connectivity index (χ4v) is 4.83. The summed E-state index contributed by atoms with van der Waals surface area (Å²) in [5, 5.41) is 2.18. The van der Waals surface area contributed by atoms with E-state index in [0.29, 0.717) is 12.0 Å². The molecule has 102 valence electrons. The maximum absolute atomic E-state index is 6.04. The number of nitrogens with zero attached hydrogens (tertiary/aromatic N) is 1. The van der Waals surface area contributed by atoms with E-state index in [9.17, 15) is 0 Å². The van der Waals surface area contributed by atoms with E-state index in [4.69, 9.17) is 5.73 Å². The molecule has 1 fully saturated rings. The Morgan fingerprint density at radius 2 is 2.33 bits per heavy atom. The van der Waals surface area contributed by atoms with E-state index < -0.39 is 0 Å². The zero-order chi connectivity index (χ0) is 13.0. The van der Waals surface area contributed by atoms with Gasteiger partial charge in [0.25, 0.3) is 0 Å². The zero-order valence-electron chi connectivity index (χ0n) is 11.1. The van der Waals surface area contributed by atoms with Gasteiger partial charge in [-0.1, -0.05) is 13.3 Å². The fraction of sp³-hybridized carbons (Fsp3) is 0.714. The molecule has 1 saturated heterocycles. The predicted molar refractivity (Wildman–Crippen MR) is 83.0 cm³/mol. The third-order valence-electron chi connectivity index (χ3n) is 3.84. The molecule has 0 aromatic carbocycles. The molecule has 0 amide bonds. The highest BCUT2D eigenvalue weighted by Gasteiger charge is 2.31. The second kappa shape index (κ2) is 7.04. The van der Waals surface area contributed by atoms with Gasteiger partial charge in [-0.05, 0) is 72.2 Å². The molecule has 0 spiro atoms. The van der Waals surface area contributed by atoms with Gasteiger partial charge in [0.2, 0.25) is 0 Å². The van der Waals surface area contributed by atoms with Crippen molar-refractivity contribution in [2.24, 2.45) is 11.7 Å². The van der Waals surface area contributed by atoms with Crippen molar-refractivity contribution < 1.29 is 0 Å². The largest absolute Gasteiger partial charge is 0.330 e. The van der Waals surface area contributed by atoms with Crippen LogP contribution < -0.4 is 5.73 Å². The van der Waals surface area contributed by atoms with E-state index in [1.54, 1.807) is 0 Å². The number of thiophene rings is 1. The first-order valence-corrected chi connectivity index (χ1v) is 8.62. The second-order valence-electron chi connectivity index (χ2n) is 5.11. The van der Waals surface area contributed by atoms with Crippen LogP contribution >= 0.6 is 27.3 Å². The van der Waals surface area contributed by atoms with Crippen molar-refractivity contribution in [1.29, 1.82) is 0 Å². The van der Waals surface area contributed by atoms with Gasteiger partial charge in [0.15, 0.2) is 0 Å². The van der Waals surface area contributed by atoms with Crippen LogP contribution in [0.1, 0.15) is 43.5 Å². The van der Waals surface area contributed by atoms with Crippen molar-refractivity contribution in [1.82, 2.24) is 4.90 Å². The van der Waals surface area contributed by atoms with Crippen LogP contribution in [0.4, 0.5) is 0 Å². The molecule has 2 rings (SSSR count). The van der Waals surface area contributed by atoms with Gasteiger partial charge in [-0.2, -0.15) is 0 Å². The molecule has 2 N–H and O–H groups in total. The minimum atomic E-state index is 0.520. The monoisotopic (exact) mass is 330 g/mol. The van der Waals surface area contributed by atoms with E-state index >= 15 is 0 Å². The van der Waals surface area contributed by atoms with Crippen LogP contribution in [0.2, 0.25) is 0 Å². The summed E-state index contributed by atoms with van der Waals surface area (Å²) in [6, 6.07) is 2.69. The summed E-state index contributed by atoms with van der Waals surface area (Å²) in [7, 11) is 0. The first-order chi connectivity index (χ1) is 8.77. The number of nitrogens with two attached hydrogens (primary N) is 1. The maximum atomic E-state index is 6.04. The molecule has 1 aliphatic heterocycles. The molecule has 18 heavy (non-hydrogen) atoms. The number of likely N-dealkylation sites (tertiary alicyclic amines) is 1. The summed E-state index contributed by atoms with van der Waals surface area (Å²) in [5.74, 6) is 0.606. The Kier molecular flexibility index (Phi) is 5.67. The average molecular weight is 331 g/mol. The van der Waals surface area contributed by atoms with Crippen LogP contribution in [0.5, 0.6) is 0 Å². The molecule has 1 aliphatic rings. The van der Waals surface area contributed by atoms with E-state index in [0.717, 1.165) is 6.54 Å². The fourth-order valence-electron chi connectivity index (χ4n) is 3.00. The highest BCUT2D eigenvalue weighted by molar-refractivity contribution is 9.10. The first-order valence-electron chi connectivity index (χ1n) is 6.95. The molecular weight excluding hydrogens is 308 g/mol. The van der Waals surface area contributed by atoms with Gasteiger partial charge in [0.1, 0.15) is 0 Å². The van der Waals surface area contributed by atoms with Crippen molar-refractivity contribution in [2.45, 2.75) is 38.6 Å². The molecule has 0 bridgehead atoms. The quantitative estimate of drug-likeness (QED) is 0.903. The lowest BCUT2D eigenvalue weighted by Crippen LogP contribution is -2.35. The Morgan fingerprint density at radius 3 is 2.94 bits per heavy atom. The summed E-state index contributed by atoms with van der Waals surface area (Å²) >= 11 is 5.58. The molecule has 1 aromatic rings. The normalized spacial score (nSPS) is 26.2. The summed E-state index contributed by atoms with van der Waals surface area (Å²) < 4.78 is 1.26.